The van der Waals surface area contributed by atoms with E-state index in [9.17, 15) is 0 Å². The maximum absolute atomic E-state index is 4.40. The fraction of sp³-hybridized carbons (Fsp3) is 0.357. The minimum atomic E-state index is 0.301. The molecule has 0 saturated heterocycles. The zero-order valence-corrected chi connectivity index (χ0v) is 14.4. The molecule has 5 heteroatoms. The van der Waals surface area contributed by atoms with E-state index in [1.807, 2.05) is 18.7 Å². The lowest BCUT2D eigenvalue weighted by molar-refractivity contribution is 0.547. The lowest BCUT2D eigenvalue weighted by Gasteiger charge is -2.14. The van der Waals surface area contributed by atoms with Crippen LogP contribution in [0.4, 0.5) is 0 Å². The van der Waals surface area contributed by atoms with Crippen LogP contribution in [0, 0.1) is 6.92 Å². The molecular weight excluding hydrogens is 370 g/mol. The Morgan fingerprint density at radius 1 is 1.26 bits per heavy atom. The highest BCUT2D eigenvalue weighted by Gasteiger charge is 2.12. The lowest BCUT2D eigenvalue weighted by Crippen LogP contribution is -2.20. The van der Waals surface area contributed by atoms with Crippen LogP contribution >= 0.6 is 31.9 Å². The van der Waals surface area contributed by atoms with Crippen LogP contribution < -0.4 is 5.32 Å². The largest absolute Gasteiger partial charge is 0.305 e. The summed E-state index contributed by atoms with van der Waals surface area (Å²) in [7, 11) is 1.97. The summed E-state index contributed by atoms with van der Waals surface area (Å²) in [5.74, 6) is 0. The van der Waals surface area contributed by atoms with Crippen molar-refractivity contribution in [3.8, 4) is 0 Å². The van der Waals surface area contributed by atoms with Crippen molar-refractivity contribution >= 4 is 31.9 Å². The van der Waals surface area contributed by atoms with Crippen LogP contribution in [0.15, 0.2) is 33.2 Å². The Hall–Kier alpha value is -0.650. The predicted molar refractivity (Wildman–Crippen MR) is 85.0 cm³/mol. The van der Waals surface area contributed by atoms with Crippen LogP contribution in [0.3, 0.4) is 0 Å². The van der Waals surface area contributed by atoms with Gasteiger partial charge in [0.2, 0.25) is 0 Å². The molecule has 102 valence electrons. The summed E-state index contributed by atoms with van der Waals surface area (Å²) in [6, 6.07) is 8.70. The van der Waals surface area contributed by atoms with Crippen molar-refractivity contribution in [2.24, 2.45) is 7.05 Å². The van der Waals surface area contributed by atoms with Gasteiger partial charge in [0.05, 0.1) is 15.9 Å². The van der Waals surface area contributed by atoms with Gasteiger partial charge in [0, 0.05) is 24.1 Å². The molecule has 0 unspecified atom stereocenters. The number of nitrogens with zero attached hydrogens (tertiary/aromatic N) is 2. The van der Waals surface area contributed by atoms with Crippen molar-refractivity contribution in [2.75, 3.05) is 0 Å². The van der Waals surface area contributed by atoms with E-state index in [4.69, 9.17) is 0 Å². The van der Waals surface area contributed by atoms with Gasteiger partial charge in [-0.05, 0) is 47.5 Å². The van der Waals surface area contributed by atoms with E-state index in [1.165, 1.54) is 11.3 Å². The van der Waals surface area contributed by atoms with Gasteiger partial charge < -0.3 is 5.32 Å². The first-order chi connectivity index (χ1) is 8.99. The Kier molecular flexibility index (Phi) is 4.81. The molecule has 0 aliphatic heterocycles. The second kappa shape index (κ2) is 6.20. The van der Waals surface area contributed by atoms with E-state index in [2.05, 4.69) is 73.5 Å². The second-order valence-electron chi connectivity index (χ2n) is 4.62. The summed E-state index contributed by atoms with van der Waals surface area (Å²) >= 11 is 7.04. The molecule has 0 bridgehead atoms. The van der Waals surface area contributed by atoms with Crippen molar-refractivity contribution in [2.45, 2.75) is 26.4 Å². The first-order valence-corrected chi connectivity index (χ1v) is 7.74. The first-order valence-electron chi connectivity index (χ1n) is 6.16. The highest BCUT2D eigenvalue weighted by atomic mass is 79.9. The summed E-state index contributed by atoms with van der Waals surface area (Å²) in [5, 5.41) is 7.92. The van der Waals surface area contributed by atoms with E-state index in [1.54, 1.807) is 0 Å². The van der Waals surface area contributed by atoms with Gasteiger partial charge in [-0.3, -0.25) is 4.68 Å². The summed E-state index contributed by atoms with van der Waals surface area (Å²) in [6.45, 7) is 4.96. The molecule has 0 amide bonds. The summed E-state index contributed by atoms with van der Waals surface area (Å²) < 4.78 is 4.11. The van der Waals surface area contributed by atoms with Crippen LogP contribution in [0.25, 0.3) is 0 Å². The number of hydrogen-bond donors (Lipinski definition) is 1. The molecular formula is C14H17Br2N3. The number of aryl methyl sites for hydroxylation is 2. The molecule has 19 heavy (non-hydrogen) atoms. The fourth-order valence-electron chi connectivity index (χ4n) is 1.99. The molecule has 1 heterocycles. The van der Waals surface area contributed by atoms with Gasteiger partial charge in [0.25, 0.3) is 0 Å². The maximum Gasteiger partial charge on any atom is 0.0739 e. The summed E-state index contributed by atoms with van der Waals surface area (Å²) in [5.41, 5.74) is 3.47. The molecule has 0 aliphatic carbocycles. The molecule has 2 rings (SSSR count). The Labute approximate surface area is 130 Å². The zero-order valence-electron chi connectivity index (χ0n) is 11.2. The molecule has 1 N–H and O–H groups in total. The van der Waals surface area contributed by atoms with Crippen LogP contribution in [0.5, 0.6) is 0 Å². The van der Waals surface area contributed by atoms with Gasteiger partial charge in [-0.15, -0.1) is 0 Å². The molecule has 0 fully saturated rings. The molecule has 2 aromatic rings. The minimum Gasteiger partial charge on any atom is -0.305 e. The van der Waals surface area contributed by atoms with E-state index in [0.29, 0.717) is 6.04 Å². The number of aromatic nitrogens is 2. The molecule has 0 saturated carbocycles. The van der Waals surface area contributed by atoms with Crippen molar-refractivity contribution in [1.29, 1.82) is 0 Å². The van der Waals surface area contributed by atoms with Gasteiger partial charge in [-0.2, -0.15) is 5.10 Å². The summed E-state index contributed by atoms with van der Waals surface area (Å²) in [6.07, 6.45) is 0. The monoisotopic (exact) mass is 385 g/mol. The van der Waals surface area contributed by atoms with Crippen LogP contribution in [-0.4, -0.2) is 9.78 Å². The second-order valence-corrected chi connectivity index (χ2v) is 6.33. The molecule has 1 aromatic heterocycles. The topological polar surface area (TPSA) is 29.9 Å². The molecule has 3 nitrogen and oxygen atoms in total. The van der Waals surface area contributed by atoms with Gasteiger partial charge in [0.15, 0.2) is 0 Å². The van der Waals surface area contributed by atoms with E-state index in [0.717, 1.165) is 21.2 Å². The Morgan fingerprint density at radius 2 is 1.89 bits per heavy atom. The van der Waals surface area contributed by atoms with E-state index in [-0.39, 0.29) is 0 Å². The highest BCUT2D eigenvalue weighted by molar-refractivity contribution is 9.10. The van der Waals surface area contributed by atoms with Crippen LogP contribution in [-0.2, 0) is 13.6 Å². The SMILES string of the molecule is Cc1nn(C)c(CN[C@H](C)c2ccc(Br)cc2)c1Br. The molecule has 0 radical (unpaired) electrons. The fourth-order valence-corrected chi connectivity index (χ4v) is 2.73. The predicted octanol–water partition coefficient (Wildman–Crippen LogP) is 4.10. The number of halogens is 2. The number of benzene rings is 1. The Balaban J connectivity index is 2.04. The van der Waals surface area contributed by atoms with Gasteiger partial charge >= 0.3 is 0 Å². The van der Waals surface area contributed by atoms with Crippen molar-refractivity contribution in [1.82, 2.24) is 15.1 Å². The standard InChI is InChI=1S/C14H17Br2N3/c1-9(11-4-6-12(15)7-5-11)17-8-13-14(16)10(2)18-19(13)3/h4-7,9,17H,8H2,1-3H3/t9-/m1/s1. The van der Waals surface area contributed by atoms with Gasteiger partial charge in [-0.25, -0.2) is 0 Å². The molecule has 0 spiro atoms. The van der Waals surface area contributed by atoms with Crippen molar-refractivity contribution < 1.29 is 0 Å². The summed E-state index contributed by atoms with van der Waals surface area (Å²) in [4.78, 5) is 0. The average molecular weight is 387 g/mol. The third-order valence-corrected chi connectivity index (χ3v) is 4.77. The Morgan fingerprint density at radius 3 is 2.42 bits per heavy atom. The van der Waals surface area contributed by atoms with Crippen LogP contribution in [0.1, 0.15) is 29.9 Å². The Bertz CT molecular complexity index is 561. The highest BCUT2D eigenvalue weighted by Crippen LogP contribution is 2.21. The average Bonchev–Trinajstić information content (AvgIpc) is 2.62. The van der Waals surface area contributed by atoms with Gasteiger partial charge in [0.1, 0.15) is 0 Å². The molecule has 0 aliphatic rings. The number of rotatable bonds is 4. The molecule has 1 aromatic carbocycles. The lowest BCUT2D eigenvalue weighted by atomic mass is 10.1. The van der Waals surface area contributed by atoms with E-state index < -0.39 is 0 Å². The number of hydrogen-bond acceptors (Lipinski definition) is 2. The normalized spacial score (nSPS) is 12.7. The van der Waals surface area contributed by atoms with Crippen LogP contribution in [0.2, 0.25) is 0 Å². The smallest absolute Gasteiger partial charge is 0.0739 e. The third-order valence-electron chi connectivity index (χ3n) is 3.21. The molecule has 1 atom stereocenters. The van der Waals surface area contributed by atoms with Crippen molar-refractivity contribution in [3.63, 3.8) is 0 Å². The van der Waals surface area contributed by atoms with Crippen molar-refractivity contribution in [3.05, 3.63) is 50.2 Å². The third kappa shape index (κ3) is 3.46. The first kappa shape index (κ1) is 14.8. The zero-order chi connectivity index (χ0) is 14.0. The number of nitrogens with one attached hydrogen (secondary N) is 1. The quantitative estimate of drug-likeness (QED) is 0.856. The van der Waals surface area contributed by atoms with Gasteiger partial charge in [-0.1, -0.05) is 28.1 Å². The maximum atomic E-state index is 4.40. The van der Waals surface area contributed by atoms with E-state index >= 15 is 0 Å². The minimum absolute atomic E-state index is 0.301.